The van der Waals surface area contributed by atoms with Crippen molar-refractivity contribution in [3.8, 4) is 11.3 Å². The number of aromatic nitrogens is 3. The number of carbonyl (C=O) groups excluding carboxylic acids is 2. The zero-order chi connectivity index (χ0) is 16.4. The van der Waals surface area contributed by atoms with Crippen molar-refractivity contribution in [3.63, 3.8) is 0 Å². The Balaban J connectivity index is 2.21. The first kappa shape index (κ1) is 14.9. The highest BCUT2D eigenvalue weighted by atomic mass is 16.5. The molecule has 6 heteroatoms. The molecule has 0 amide bonds. The Morgan fingerprint density at radius 1 is 1.26 bits per heavy atom. The molecule has 0 aliphatic heterocycles. The summed E-state index contributed by atoms with van der Waals surface area (Å²) >= 11 is 0. The van der Waals surface area contributed by atoms with Crippen LogP contribution in [0, 0.1) is 0 Å². The summed E-state index contributed by atoms with van der Waals surface area (Å²) in [6.07, 6.45) is 2.99. The van der Waals surface area contributed by atoms with Crippen LogP contribution in [0.2, 0.25) is 0 Å². The summed E-state index contributed by atoms with van der Waals surface area (Å²) in [5.41, 5.74) is 2.84. The van der Waals surface area contributed by atoms with Gasteiger partial charge in [-0.25, -0.2) is 14.8 Å². The van der Waals surface area contributed by atoms with E-state index in [1.54, 1.807) is 31.3 Å². The van der Waals surface area contributed by atoms with E-state index in [9.17, 15) is 9.59 Å². The Morgan fingerprint density at radius 2 is 2.09 bits per heavy atom. The van der Waals surface area contributed by atoms with Gasteiger partial charge in [0.05, 0.1) is 23.3 Å². The Labute approximate surface area is 132 Å². The molecule has 1 N–H and O–H groups in total. The largest absolute Gasteiger partial charge is 0.462 e. The second-order valence-electron chi connectivity index (χ2n) is 5.01. The lowest BCUT2D eigenvalue weighted by Gasteiger charge is -2.06. The van der Waals surface area contributed by atoms with Gasteiger partial charge in [0.2, 0.25) is 0 Å². The van der Waals surface area contributed by atoms with Crippen LogP contribution in [0.1, 0.15) is 34.6 Å². The molecule has 6 nitrogen and oxygen atoms in total. The van der Waals surface area contributed by atoms with E-state index in [2.05, 4.69) is 15.0 Å². The first-order valence-electron chi connectivity index (χ1n) is 7.22. The van der Waals surface area contributed by atoms with Crippen LogP contribution in [0.15, 0.2) is 36.8 Å². The van der Waals surface area contributed by atoms with E-state index in [4.69, 9.17) is 4.74 Å². The fourth-order valence-corrected chi connectivity index (χ4v) is 2.44. The minimum Gasteiger partial charge on any atom is -0.462 e. The third kappa shape index (κ3) is 2.70. The molecule has 23 heavy (non-hydrogen) atoms. The van der Waals surface area contributed by atoms with Crippen molar-refractivity contribution in [2.24, 2.45) is 0 Å². The van der Waals surface area contributed by atoms with E-state index >= 15 is 0 Å². The molecular weight excluding hydrogens is 294 g/mol. The van der Waals surface area contributed by atoms with Crippen LogP contribution in [-0.4, -0.2) is 33.3 Å². The minimum absolute atomic E-state index is 0.0307. The van der Waals surface area contributed by atoms with E-state index in [1.807, 2.05) is 6.07 Å². The highest BCUT2D eigenvalue weighted by molar-refractivity contribution is 6.08. The molecule has 0 aliphatic carbocycles. The van der Waals surface area contributed by atoms with Crippen molar-refractivity contribution >= 4 is 22.8 Å². The van der Waals surface area contributed by atoms with Gasteiger partial charge >= 0.3 is 5.97 Å². The van der Waals surface area contributed by atoms with Crippen molar-refractivity contribution in [1.82, 2.24) is 15.0 Å². The number of hydrogen-bond donors (Lipinski definition) is 1. The molecule has 0 fully saturated rings. The van der Waals surface area contributed by atoms with Crippen molar-refractivity contribution in [2.45, 2.75) is 13.8 Å². The van der Waals surface area contributed by atoms with E-state index in [0.717, 1.165) is 5.56 Å². The van der Waals surface area contributed by atoms with Crippen molar-refractivity contribution in [1.29, 1.82) is 0 Å². The zero-order valence-electron chi connectivity index (χ0n) is 12.8. The fourth-order valence-electron chi connectivity index (χ4n) is 2.44. The van der Waals surface area contributed by atoms with E-state index in [0.29, 0.717) is 27.9 Å². The number of benzene rings is 1. The highest BCUT2D eigenvalue weighted by Crippen LogP contribution is 2.29. The molecular formula is C17H15N3O3. The van der Waals surface area contributed by atoms with Crippen LogP contribution in [0.4, 0.5) is 0 Å². The lowest BCUT2D eigenvalue weighted by molar-refractivity contribution is 0.0528. The van der Waals surface area contributed by atoms with Gasteiger partial charge in [-0.05, 0) is 19.9 Å². The number of ether oxygens (including phenoxy) is 1. The van der Waals surface area contributed by atoms with E-state index in [1.165, 1.54) is 13.3 Å². The molecule has 2 aromatic heterocycles. The number of nitrogens with zero attached hydrogens (tertiary/aromatic N) is 2. The summed E-state index contributed by atoms with van der Waals surface area (Å²) in [6, 6.07) is 7.13. The molecule has 0 saturated heterocycles. The van der Waals surface area contributed by atoms with Crippen LogP contribution >= 0.6 is 0 Å². The lowest BCUT2D eigenvalue weighted by Crippen LogP contribution is -2.04. The highest BCUT2D eigenvalue weighted by Gasteiger charge is 2.19. The van der Waals surface area contributed by atoms with Crippen molar-refractivity contribution in [3.05, 3.63) is 47.9 Å². The molecule has 0 saturated carbocycles. The van der Waals surface area contributed by atoms with Gasteiger partial charge in [-0.2, -0.15) is 0 Å². The summed E-state index contributed by atoms with van der Waals surface area (Å²) in [6.45, 7) is 3.55. The third-order valence-electron chi connectivity index (χ3n) is 3.51. The number of aromatic amines is 1. The number of hydrogen-bond acceptors (Lipinski definition) is 5. The zero-order valence-corrected chi connectivity index (χ0v) is 12.8. The maximum absolute atomic E-state index is 12.1. The monoisotopic (exact) mass is 309 g/mol. The van der Waals surface area contributed by atoms with Crippen LogP contribution in [-0.2, 0) is 4.74 Å². The Kier molecular flexibility index (Phi) is 3.89. The summed E-state index contributed by atoms with van der Waals surface area (Å²) < 4.78 is 5.08. The molecule has 0 spiro atoms. The van der Waals surface area contributed by atoms with Crippen LogP contribution in [0.25, 0.3) is 22.3 Å². The van der Waals surface area contributed by atoms with Gasteiger partial charge in [0.1, 0.15) is 12.0 Å². The quantitative estimate of drug-likeness (QED) is 0.591. The normalized spacial score (nSPS) is 10.7. The third-order valence-corrected chi connectivity index (χ3v) is 3.51. The number of nitrogens with one attached hydrogen (secondary N) is 1. The molecule has 3 aromatic rings. The second kappa shape index (κ2) is 6.00. The topological polar surface area (TPSA) is 84.9 Å². The summed E-state index contributed by atoms with van der Waals surface area (Å²) in [7, 11) is 0. The van der Waals surface area contributed by atoms with E-state index in [-0.39, 0.29) is 12.4 Å². The van der Waals surface area contributed by atoms with Crippen LogP contribution < -0.4 is 0 Å². The summed E-state index contributed by atoms with van der Waals surface area (Å²) in [5.74, 6) is -0.464. The number of H-pyrrole nitrogens is 1. The number of fused-ring (bicyclic) bond motifs is 1. The maximum atomic E-state index is 12.1. The van der Waals surface area contributed by atoms with Crippen LogP contribution in [0.5, 0.6) is 0 Å². The molecule has 3 rings (SSSR count). The first-order chi connectivity index (χ1) is 11.1. The lowest BCUT2D eigenvalue weighted by atomic mass is 10.0. The molecule has 1 aromatic carbocycles. The molecule has 0 unspecified atom stereocenters. The molecule has 2 heterocycles. The number of carbonyl (C=O) groups is 2. The Hall–Kier alpha value is -3.02. The number of ketones is 1. The van der Waals surface area contributed by atoms with E-state index < -0.39 is 5.97 Å². The van der Waals surface area contributed by atoms with Gasteiger partial charge in [-0.3, -0.25) is 4.79 Å². The molecule has 0 bridgehead atoms. The maximum Gasteiger partial charge on any atom is 0.340 e. The smallest absolute Gasteiger partial charge is 0.340 e. The predicted molar refractivity (Wildman–Crippen MR) is 85.3 cm³/mol. The average molecular weight is 309 g/mol. The molecule has 0 radical (unpaired) electrons. The van der Waals surface area contributed by atoms with Crippen LogP contribution in [0.3, 0.4) is 0 Å². The van der Waals surface area contributed by atoms with Gasteiger partial charge in [0.25, 0.3) is 0 Å². The number of Topliss-reactive ketones (excluding diaryl/α,β-unsaturated/α-hetero) is 1. The predicted octanol–water partition coefficient (Wildman–Crippen LogP) is 3.00. The van der Waals surface area contributed by atoms with Crippen molar-refractivity contribution < 1.29 is 14.3 Å². The van der Waals surface area contributed by atoms with Gasteiger partial charge in [0.15, 0.2) is 5.78 Å². The second-order valence-corrected chi connectivity index (χ2v) is 5.01. The fraction of sp³-hybridized carbons (Fsp3) is 0.176. The van der Waals surface area contributed by atoms with Gasteiger partial charge in [0, 0.05) is 17.3 Å². The SMILES string of the molecule is CCOC(=O)c1c[nH]c2ncnc(-c3cccc(C(C)=O)c3)c12. The number of esters is 1. The molecule has 0 atom stereocenters. The van der Waals surface area contributed by atoms with Gasteiger partial charge in [-0.1, -0.05) is 18.2 Å². The van der Waals surface area contributed by atoms with Gasteiger partial charge in [-0.15, -0.1) is 0 Å². The summed E-state index contributed by atoms with van der Waals surface area (Å²) in [4.78, 5) is 35.1. The first-order valence-corrected chi connectivity index (χ1v) is 7.22. The minimum atomic E-state index is -0.433. The Morgan fingerprint density at radius 3 is 2.83 bits per heavy atom. The van der Waals surface area contributed by atoms with Gasteiger partial charge < -0.3 is 9.72 Å². The number of rotatable bonds is 4. The average Bonchev–Trinajstić information content (AvgIpc) is 2.99. The Bertz CT molecular complexity index is 899. The molecule has 116 valence electrons. The standard InChI is InChI=1S/C17H15N3O3/c1-3-23-17(22)13-8-18-16-14(13)15(19-9-20-16)12-6-4-5-11(7-12)10(2)21/h4-9H,3H2,1-2H3,(H,18,19,20). The summed E-state index contributed by atoms with van der Waals surface area (Å²) in [5, 5.41) is 0.589. The molecule has 0 aliphatic rings. The van der Waals surface area contributed by atoms with Crippen molar-refractivity contribution in [2.75, 3.05) is 6.61 Å².